The molecule has 3 unspecified atom stereocenters. The third-order valence-corrected chi connectivity index (χ3v) is 4.26. The van der Waals surface area contributed by atoms with Gasteiger partial charge in [-0.1, -0.05) is 0 Å². The lowest BCUT2D eigenvalue weighted by molar-refractivity contribution is -0.137. The van der Waals surface area contributed by atoms with Gasteiger partial charge in [-0.25, -0.2) is 0 Å². The minimum Gasteiger partial charge on any atom is -0.378 e. The van der Waals surface area contributed by atoms with Crippen LogP contribution in [-0.2, 0) is 9.53 Å². The van der Waals surface area contributed by atoms with Crippen molar-refractivity contribution < 1.29 is 9.53 Å². The predicted octanol–water partition coefficient (Wildman–Crippen LogP) is 1.26. The van der Waals surface area contributed by atoms with E-state index in [1.165, 1.54) is 12.8 Å². The molecule has 104 valence electrons. The van der Waals surface area contributed by atoms with Gasteiger partial charge in [-0.2, -0.15) is 0 Å². The van der Waals surface area contributed by atoms with E-state index >= 15 is 0 Å². The van der Waals surface area contributed by atoms with Crippen molar-refractivity contribution in [1.29, 1.82) is 0 Å². The summed E-state index contributed by atoms with van der Waals surface area (Å²) < 4.78 is 5.51. The second-order valence-corrected chi connectivity index (χ2v) is 5.56. The third kappa shape index (κ3) is 3.23. The van der Waals surface area contributed by atoms with Gasteiger partial charge < -0.3 is 15.0 Å². The quantitative estimate of drug-likeness (QED) is 0.821. The van der Waals surface area contributed by atoms with Crippen LogP contribution in [-0.4, -0.2) is 49.7 Å². The molecule has 2 saturated heterocycles. The fourth-order valence-corrected chi connectivity index (χ4v) is 3.06. The molecule has 18 heavy (non-hydrogen) atoms. The molecule has 0 bridgehead atoms. The fraction of sp³-hybridized carbons (Fsp3) is 0.929. The molecular weight excluding hydrogens is 228 g/mol. The van der Waals surface area contributed by atoms with E-state index in [0.717, 1.165) is 39.2 Å². The van der Waals surface area contributed by atoms with E-state index in [1.807, 2.05) is 11.8 Å². The number of nitrogens with zero attached hydrogens (tertiary/aromatic N) is 1. The molecule has 4 nitrogen and oxygen atoms in total. The maximum atomic E-state index is 12.5. The molecule has 2 fully saturated rings. The summed E-state index contributed by atoms with van der Waals surface area (Å²) in [5.41, 5.74) is 0. The van der Waals surface area contributed by atoms with Crippen LogP contribution in [0.4, 0.5) is 0 Å². The van der Waals surface area contributed by atoms with E-state index in [1.54, 1.807) is 0 Å². The van der Waals surface area contributed by atoms with Crippen molar-refractivity contribution in [3.05, 3.63) is 0 Å². The average molecular weight is 254 g/mol. The van der Waals surface area contributed by atoms with Gasteiger partial charge in [0.15, 0.2) is 0 Å². The zero-order chi connectivity index (χ0) is 13.0. The number of hydrogen-bond donors (Lipinski definition) is 1. The highest BCUT2D eigenvalue weighted by atomic mass is 16.5. The highest BCUT2D eigenvalue weighted by Crippen LogP contribution is 2.23. The van der Waals surface area contributed by atoms with Gasteiger partial charge in [0, 0.05) is 19.7 Å². The van der Waals surface area contributed by atoms with Gasteiger partial charge >= 0.3 is 0 Å². The largest absolute Gasteiger partial charge is 0.378 e. The maximum Gasteiger partial charge on any atom is 0.228 e. The van der Waals surface area contributed by atoms with Crippen LogP contribution in [0.15, 0.2) is 0 Å². The molecule has 3 atom stereocenters. The lowest BCUT2D eigenvalue weighted by Crippen LogP contribution is -2.44. The van der Waals surface area contributed by atoms with Gasteiger partial charge in [0.2, 0.25) is 5.91 Å². The van der Waals surface area contributed by atoms with Crippen molar-refractivity contribution in [3.8, 4) is 0 Å². The smallest absolute Gasteiger partial charge is 0.228 e. The van der Waals surface area contributed by atoms with E-state index in [4.69, 9.17) is 4.74 Å². The Morgan fingerprint density at radius 2 is 2.28 bits per heavy atom. The zero-order valence-corrected chi connectivity index (χ0v) is 11.7. The molecule has 4 heteroatoms. The third-order valence-electron chi connectivity index (χ3n) is 4.26. The SMILES string of the molecule is CCN(CC1CCCNC1)C(=O)C1CCOC1C. The first-order valence-electron chi connectivity index (χ1n) is 7.33. The van der Waals surface area contributed by atoms with Gasteiger partial charge in [-0.3, -0.25) is 4.79 Å². The van der Waals surface area contributed by atoms with E-state index in [2.05, 4.69) is 12.2 Å². The van der Waals surface area contributed by atoms with Crippen LogP contribution in [0.3, 0.4) is 0 Å². The second-order valence-electron chi connectivity index (χ2n) is 5.56. The lowest BCUT2D eigenvalue weighted by Gasteiger charge is -2.31. The second kappa shape index (κ2) is 6.53. The molecule has 0 aromatic heterocycles. The summed E-state index contributed by atoms with van der Waals surface area (Å²) in [4.78, 5) is 14.5. The molecule has 1 amide bonds. The minimum absolute atomic E-state index is 0.0847. The molecule has 1 N–H and O–H groups in total. The topological polar surface area (TPSA) is 41.6 Å². The Bertz CT molecular complexity index is 277. The van der Waals surface area contributed by atoms with E-state index in [9.17, 15) is 4.79 Å². The van der Waals surface area contributed by atoms with Crippen LogP contribution in [0.5, 0.6) is 0 Å². The molecule has 2 rings (SSSR count). The van der Waals surface area contributed by atoms with E-state index < -0.39 is 0 Å². The number of carbonyl (C=O) groups excluding carboxylic acids is 1. The summed E-state index contributed by atoms with van der Waals surface area (Å²) in [6.45, 7) is 8.75. The zero-order valence-electron chi connectivity index (χ0n) is 11.7. The van der Waals surface area contributed by atoms with Crippen LogP contribution in [0.1, 0.15) is 33.1 Å². The Morgan fingerprint density at radius 1 is 1.44 bits per heavy atom. The Morgan fingerprint density at radius 3 is 2.83 bits per heavy atom. The van der Waals surface area contributed by atoms with Gasteiger partial charge in [0.1, 0.15) is 0 Å². The summed E-state index contributed by atoms with van der Waals surface area (Å²) in [5.74, 6) is 1.01. The first kappa shape index (κ1) is 13.8. The van der Waals surface area contributed by atoms with Crippen LogP contribution in [0, 0.1) is 11.8 Å². The first-order valence-corrected chi connectivity index (χ1v) is 7.33. The molecule has 0 spiro atoms. The summed E-state index contributed by atoms with van der Waals surface area (Å²) in [7, 11) is 0. The highest BCUT2D eigenvalue weighted by Gasteiger charge is 2.34. The fourth-order valence-electron chi connectivity index (χ4n) is 3.06. The summed E-state index contributed by atoms with van der Waals surface area (Å²) in [6.07, 6.45) is 3.46. The lowest BCUT2D eigenvalue weighted by atomic mass is 9.96. The van der Waals surface area contributed by atoms with Crippen molar-refractivity contribution in [3.63, 3.8) is 0 Å². The van der Waals surface area contributed by atoms with Crippen molar-refractivity contribution in [2.75, 3.05) is 32.8 Å². The number of amides is 1. The Kier molecular flexibility index (Phi) is 5.01. The Hall–Kier alpha value is -0.610. The van der Waals surface area contributed by atoms with Gasteiger partial charge in [0.05, 0.1) is 12.0 Å². The van der Waals surface area contributed by atoms with Crippen molar-refractivity contribution in [2.24, 2.45) is 11.8 Å². The molecular formula is C14H26N2O2. The number of carbonyl (C=O) groups is 1. The van der Waals surface area contributed by atoms with Crippen molar-refractivity contribution in [1.82, 2.24) is 10.2 Å². The van der Waals surface area contributed by atoms with Gasteiger partial charge in [-0.05, 0) is 52.1 Å². The predicted molar refractivity (Wildman–Crippen MR) is 71.4 cm³/mol. The molecule has 0 radical (unpaired) electrons. The van der Waals surface area contributed by atoms with Gasteiger partial charge in [-0.15, -0.1) is 0 Å². The molecule has 0 saturated carbocycles. The molecule has 2 heterocycles. The number of rotatable bonds is 4. The maximum absolute atomic E-state index is 12.5. The molecule has 0 aromatic carbocycles. The Balaban J connectivity index is 1.88. The summed E-state index contributed by atoms with van der Waals surface area (Å²) in [6, 6.07) is 0. The molecule has 2 aliphatic heterocycles. The van der Waals surface area contributed by atoms with Gasteiger partial charge in [0.25, 0.3) is 0 Å². The minimum atomic E-state index is 0.0847. The van der Waals surface area contributed by atoms with Crippen LogP contribution in [0.25, 0.3) is 0 Å². The number of ether oxygens (including phenoxy) is 1. The van der Waals surface area contributed by atoms with Crippen LogP contribution in [0.2, 0.25) is 0 Å². The van der Waals surface area contributed by atoms with Crippen LogP contribution >= 0.6 is 0 Å². The molecule has 2 aliphatic rings. The monoisotopic (exact) mass is 254 g/mol. The number of hydrogen-bond acceptors (Lipinski definition) is 3. The van der Waals surface area contributed by atoms with E-state index in [-0.39, 0.29) is 12.0 Å². The highest BCUT2D eigenvalue weighted by molar-refractivity contribution is 5.79. The number of piperidine rings is 1. The first-order chi connectivity index (χ1) is 8.72. The Labute approximate surface area is 110 Å². The summed E-state index contributed by atoms with van der Waals surface area (Å²) >= 11 is 0. The van der Waals surface area contributed by atoms with Crippen LogP contribution < -0.4 is 5.32 Å². The standard InChI is InChI=1S/C14H26N2O2/c1-3-16(10-12-5-4-7-15-9-12)14(17)13-6-8-18-11(13)2/h11-13,15H,3-10H2,1-2H3. The van der Waals surface area contributed by atoms with Crippen molar-refractivity contribution >= 4 is 5.91 Å². The molecule has 0 aromatic rings. The summed E-state index contributed by atoms with van der Waals surface area (Å²) in [5, 5.41) is 3.42. The van der Waals surface area contributed by atoms with E-state index in [0.29, 0.717) is 11.8 Å². The average Bonchev–Trinajstić information content (AvgIpc) is 2.82. The number of nitrogens with one attached hydrogen (secondary N) is 1. The molecule has 0 aliphatic carbocycles. The normalized spacial score (nSPS) is 32.4. The van der Waals surface area contributed by atoms with Crippen molar-refractivity contribution in [2.45, 2.75) is 39.2 Å².